The van der Waals surface area contributed by atoms with Crippen LogP contribution >= 0.6 is 24.8 Å². The molecule has 1 amide bonds. The Labute approximate surface area is 160 Å². The zero-order valence-electron chi connectivity index (χ0n) is 15.5. The number of piperidine rings is 1. The third-order valence-electron chi connectivity index (χ3n) is 5.49. The number of hydrogen-bond acceptors (Lipinski definition) is 4. The Morgan fingerprint density at radius 3 is 2.17 bits per heavy atom. The van der Waals surface area contributed by atoms with Crippen molar-refractivity contribution in [1.82, 2.24) is 20.0 Å². The fourth-order valence-electron chi connectivity index (χ4n) is 3.68. The van der Waals surface area contributed by atoms with Crippen LogP contribution in [0.2, 0.25) is 0 Å². The van der Waals surface area contributed by atoms with E-state index in [1.165, 1.54) is 19.3 Å². The first-order valence-corrected chi connectivity index (χ1v) is 9.05. The van der Waals surface area contributed by atoms with Gasteiger partial charge >= 0.3 is 0 Å². The van der Waals surface area contributed by atoms with E-state index in [9.17, 15) is 4.79 Å². The van der Waals surface area contributed by atoms with Gasteiger partial charge in [0.2, 0.25) is 5.91 Å². The molecule has 2 saturated heterocycles. The second-order valence-corrected chi connectivity index (χ2v) is 6.81. The van der Waals surface area contributed by atoms with Gasteiger partial charge in [-0.3, -0.25) is 9.69 Å². The number of nitrogens with zero attached hydrogens (tertiary/aromatic N) is 3. The van der Waals surface area contributed by atoms with Crippen molar-refractivity contribution < 1.29 is 4.79 Å². The maximum Gasteiger partial charge on any atom is 0.239 e. The molecule has 0 aliphatic carbocycles. The molecule has 2 aliphatic heterocycles. The highest BCUT2D eigenvalue weighted by molar-refractivity contribution is 5.85. The normalized spacial score (nSPS) is 21.7. The molecule has 2 aliphatic rings. The highest BCUT2D eigenvalue weighted by Gasteiger charge is 2.30. The van der Waals surface area contributed by atoms with Crippen molar-refractivity contribution >= 4 is 30.7 Å². The van der Waals surface area contributed by atoms with Crippen LogP contribution in [0.4, 0.5) is 0 Å². The Hall–Kier alpha value is -0.0700. The van der Waals surface area contributed by atoms with Gasteiger partial charge in [0.25, 0.3) is 0 Å². The van der Waals surface area contributed by atoms with Crippen molar-refractivity contribution in [2.45, 2.75) is 39.2 Å². The fraction of sp³-hybridized carbons (Fsp3) is 0.941. The molecule has 1 N–H and O–H groups in total. The van der Waals surface area contributed by atoms with E-state index in [1.807, 2.05) is 7.05 Å². The van der Waals surface area contributed by atoms with Gasteiger partial charge in [-0.25, -0.2) is 0 Å². The number of halogens is 2. The number of rotatable bonds is 6. The molecule has 1 atom stereocenters. The van der Waals surface area contributed by atoms with Crippen LogP contribution in [0.1, 0.15) is 33.1 Å². The van der Waals surface area contributed by atoms with Gasteiger partial charge in [0, 0.05) is 26.2 Å². The second kappa shape index (κ2) is 12.3. The monoisotopic (exact) mass is 382 g/mol. The lowest BCUT2D eigenvalue weighted by Crippen LogP contribution is -2.55. The van der Waals surface area contributed by atoms with Crippen LogP contribution in [0.5, 0.6) is 0 Å². The molecular formula is C17H36Cl2N4O. The summed E-state index contributed by atoms with van der Waals surface area (Å²) in [7, 11) is 2.02. The molecule has 144 valence electrons. The third kappa shape index (κ3) is 6.68. The maximum absolute atomic E-state index is 12.7. The van der Waals surface area contributed by atoms with E-state index in [1.54, 1.807) is 0 Å². The summed E-state index contributed by atoms with van der Waals surface area (Å²) in [6.45, 7) is 12.5. The minimum atomic E-state index is 0. The average molecular weight is 383 g/mol. The standard InChI is InChI=1S/C17H34N4O.2ClH/c1-4-19-11-13-21(14-12-19)17(22)15(2)20-9-6-16(7-10-20)5-8-18-3;;/h15-16,18H,4-14H2,1-3H3;2*1H. The Bertz CT molecular complexity index is 343. The number of piperazine rings is 1. The molecule has 1 unspecified atom stereocenters. The molecule has 7 heteroatoms. The lowest BCUT2D eigenvalue weighted by atomic mass is 9.92. The van der Waals surface area contributed by atoms with Crippen molar-refractivity contribution in [3.8, 4) is 0 Å². The first-order chi connectivity index (χ1) is 10.7. The second-order valence-electron chi connectivity index (χ2n) is 6.81. The number of nitrogens with one attached hydrogen (secondary N) is 1. The predicted molar refractivity (Wildman–Crippen MR) is 105 cm³/mol. The van der Waals surface area contributed by atoms with Gasteiger partial charge in [-0.05, 0) is 65.3 Å². The van der Waals surface area contributed by atoms with E-state index in [-0.39, 0.29) is 30.9 Å². The molecule has 2 rings (SSSR count). The van der Waals surface area contributed by atoms with Gasteiger partial charge in [-0.1, -0.05) is 6.92 Å². The SMILES string of the molecule is CCN1CCN(C(=O)C(C)N2CCC(CCNC)CC2)CC1.Cl.Cl. The highest BCUT2D eigenvalue weighted by atomic mass is 35.5. The minimum Gasteiger partial charge on any atom is -0.339 e. The molecule has 2 heterocycles. The number of likely N-dealkylation sites (N-methyl/N-ethyl adjacent to an activating group) is 1. The molecule has 0 spiro atoms. The van der Waals surface area contributed by atoms with Gasteiger partial charge in [-0.15, -0.1) is 24.8 Å². The Kier molecular flexibility index (Phi) is 12.3. The summed E-state index contributed by atoms with van der Waals surface area (Å²) in [6.07, 6.45) is 3.75. The smallest absolute Gasteiger partial charge is 0.239 e. The van der Waals surface area contributed by atoms with Crippen LogP contribution in [0.15, 0.2) is 0 Å². The molecule has 0 radical (unpaired) electrons. The molecule has 5 nitrogen and oxygen atoms in total. The van der Waals surface area contributed by atoms with Gasteiger partial charge in [0.05, 0.1) is 6.04 Å². The summed E-state index contributed by atoms with van der Waals surface area (Å²) in [5, 5.41) is 3.24. The number of amides is 1. The summed E-state index contributed by atoms with van der Waals surface area (Å²) in [4.78, 5) is 19.6. The Balaban J connectivity index is 0.00000264. The van der Waals surface area contributed by atoms with E-state index >= 15 is 0 Å². The summed E-state index contributed by atoms with van der Waals surface area (Å²) < 4.78 is 0. The number of hydrogen-bond donors (Lipinski definition) is 1. The maximum atomic E-state index is 12.7. The Morgan fingerprint density at radius 2 is 1.67 bits per heavy atom. The van der Waals surface area contributed by atoms with Gasteiger partial charge < -0.3 is 15.1 Å². The largest absolute Gasteiger partial charge is 0.339 e. The van der Waals surface area contributed by atoms with Gasteiger partial charge in [-0.2, -0.15) is 0 Å². The zero-order valence-corrected chi connectivity index (χ0v) is 17.1. The van der Waals surface area contributed by atoms with E-state index in [2.05, 4.69) is 33.9 Å². The van der Waals surface area contributed by atoms with Crippen LogP contribution < -0.4 is 5.32 Å². The molecule has 2 fully saturated rings. The zero-order chi connectivity index (χ0) is 15.9. The first-order valence-electron chi connectivity index (χ1n) is 9.05. The van der Waals surface area contributed by atoms with Crippen LogP contribution in [0, 0.1) is 5.92 Å². The van der Waals surface area contributed by atoms with E-state index in [0.29, 0.717) is 5.91 Å². The van der Waals surface area contributed by atoms with Crippen molar-refractivity contribution in [3.05, 3.63) is 0 Å². The summed E-state index contributed by atoms with van der Waals surface area (Å²) in [5.74, 6) is 1.17. The van der Waals surface area contributed by atoms with E-state index < -0.39 is 0 Å². The predicted octanol–water partition coefficient (Wildman–Crippen LogP) is 1.70. The van der Waals surface area contributed by atoms with Crippen molar-refractivity contribution in [2.24, 2.45) is 5.92 Å². The van der Waals surface area contributed by atoms with Crippen molar-refractivity contribution in [1.29, 1.82) is 0 Å². The van der Waals surface area contributed by atoms with Gasteiger partial charge in [0.1, 0.15) is 0 Å². The molecule has 0 saturated carbocycles. The first kappa shape index (κ1) is 23.9. The molecule has 0 aromatic carbocycles. The van der Waals surface area contributed by atoms with Crippen LogP contribution in [0.25, 0.3) is 0 Å². The number of carbonyl (C=O) groups excluding carboxylic acids is 1. The van der Waals surface area contributed by atoms with Crippen LogP contribution in [0.3, 0.4) is 0 Å². The van der Waals surface area contributed by atoms with Crippen LogP contribution in [-0.4, -0.2) is 86.1 Å². The fourth-order valence-corrected chi connectivity index (χ4v) is 3.68. The quantitative estimate of drug-likeness (QED) is 0.758. The Morgan fingerprint density at radius 1 is 1.08 bits per heavy atom. The summed E-state index contributed by atoms with van der Waals surface area (Å²) >= 11 is 0. The number of carbonyl (C=O) groups is 1. The van der Waals surface area contributed by atoms with E-state index in [0.717, 1.165) is 58.3 Å². The number of likely N-dealkylation sites (tertiary alicyclic amines) is 1. The molecule has 0 aromatic rings. The summed E-state index contributed by atoms with van der Waals surface area (Å²) in [5.41, 5.74) is 0. The van der Waals surface area contributed by atoms with Crippen molar-refractivity contribution in [2.75, 3.05) is 59.4 Å². The molecule has 24 heavy (non-hydrogen) atoms. The van der Waals surface area contributed by atoms with Crippen molar-refractivity contribution in [3.63, 3.8) is 0 Å². The minimum absolute atomic E-state index is 0. The molecule has 0 bridgehead atoms. The van der Waals surface area contributed by atoms with Gasteiger partial charge in [0.15, 0.2) is 0 Å². The molecular weight excluding hydrogens is 347 g/mol. The lowest BCUT2D eigenvalue weighted by molar-refractivity contribution is -0.138. The lowest BCUT2D eigenvalue weighted by Gasteiger charge is -2.40. The molecule has 0 aromatic heterocycles. The summed E-state index contributed by atoms with van der Waals surface area (Å²) in [6, 6.07) is 0.0541. The van der Waals surface area contributed by atoms with E-state index in [4.69, 9.17) is 0 Å². The topological polar surface area (TPSA) is 38.8 Å². The highest BCUT2D eigenvalue weighted by Crippen LogP contribution is 2.22. The van der Waals surface area contributed by atoms with Crippen LogP contribution in [-0.2, 0) is 4.79 Å². The average Bonchev–Trinajstić information content (AvgIpc) is 2.59. The third-order valence-corrected chi connectivity index (χ3v) is 5.49.